The first-order chi connectivity index (χ1) is 16.1. The van der Waals surface area contributed by atoms with Gasteiger partial charge in [0.2, 0.25) is 0 Å². The number of amides is 2. The second kappa shape index (κ2) is 10.5. The van der Waals surface area contributed by atoms with Gasteiger partial charge in [-0.25, -0.2) is 0 Å². The van der Waals surface area contributed by atoms with Crippen LogP contribution in [0.25, 0.3) is 0 Å². The Labute approximate surface area is 197 Å². The topological polar surface area (TPSA) is 79.9 Å². The van der Waals surface area contributed by atoms with Crippen molar-refractivity contribution >= 4 is 28.8 Å². The molecule has 2 N–H and O–H groups in total. The Hall–Kier alpha value is -3.36. The number of nitrogens with zero attached hydrogens (tertiary/aromatic N) is 1. The van der Waals surface area contributed by atoms with Crippen molar-refractivity contribution in [3.05, 3.63) is 76.0 Å². The van der Waals surface area contributed by atoms with Gasteiger partial charge in [0.15, 0.2) is 11.5 Å². The molecule has 1 aliphatic heterocycles. The van der Waals surface area contributed by atoms with Crippen molar-refractivity contribution in [1.29, 1.82) is 0 Å². The number of fused-ring (bicyclic) bond motifs is 1. The van der Waals surface area contributed by atoms with Crippen molar-refractivity contribution in [2.45, 2.75) is 19.0 Å². The Bertz CT molecular complexity index is 1120. The second-order valence-corrected chi connectivity index (χ2v) is 8.58. The van der Waals surface area contributed by atoms with Crippen LogP contribution in [0.15, 0.2) is 59.3 Å². The molecule has 8 heteroatoms. The summed E-state index contributed by atoms with van der Waals surface area (Å²) < 4.78 is 10.5. The smallest absolute Gasteiger partial charge is 0.313 e. The average molecular weight is 466 g/mol. The third-order valence-corrected chi connectivity index (χ3v) is 6.53. The molecule has 7 nitrogen and oxygen atoms in total. The van der Waals surface area contributed by atoms with E-state index in [1.807, 2.05) is 5.38 Å². The van der Waals surface area contributed by atoms with Crippen molar-refractivity contribution in [3.8, 4) is 11.5 Å². The van der Waals surface area contributed by atoms with E-state index in [1.165, 1.54) is 25.3 Å². The molecular formula is C25H27N3O4S. The molecule has 1 aromatic heterocycles. The molecule has 0 aliphatic carbocycles. The van der Waals surface area contributed by atoms with Crippen molar-refractivity contribution in [3.63, 3.8) is 0 Å². The Kier molecular flexibility index (Phi) is 7.26. The van der Waals surface area contributed by atoms with Crippen LogP contribution in [-0.2, 0) is 22.6 Å². The van der Waals surface area contributed by atoms with Crippen LogP contribution in [0.3, 0.4) is 0 Å². The van der Waals surface area contributed by atoms with Gasteiger partial charge in [-0.05, 0) is 52.1 Å². The van der Waals surface area contributed by atoms with Gasteiger partial charge in [-0.15, -0.1) is 0 Å². The Morgan fingerprint density at radius 3 is 2.55 bits per heavy atom. The fourth-order valence-corrected chi connectivity index (χ4v) is 4.78. The van der Waals surface area contributed by atoms with Gasteiger partial charge in [0.1, 0.15) is 0 Å². The van der Waals surface area contributed by atoms with Crippen LogP contribution < -0.4 is 20.1 Å². The zero-order valence-electron chi connectivity index (χ0n) is 18.7. The van der Waals surface area contributed by atoms with E-state index in [0.29, 0.717) is 23.7 Å². The van der Waals surface area contributed by atoms with Gasteiger partial charge in [-0.2, -0.15) is 11.3 Å². The van der Waals surface area contributed by atoms with Gasteiger partial charge >= 0.3 is 11.8 Å². The monoisotopic (exact) mass is 465 g/mol. The zero-order valence-corrected chi connectivity index (χ0v) is 19.5. The minimum atomic E-state index is -0.727. The summed E-state index contributed by atoms with van der Waals surface area (Å²) in [5.41, 5.74) is 4.27. The summed E-state index contributed by atoms with van der Waals surface area (Å²) >= 11 is 1.63. The first kappa shape index (κ1) is 22.8. The van der Waals surface area contributed by atoms with E-state index in [-0.39, 0.29) is 6.04 Å². The number of hydrogen-bond acceptors (Lipinski definition) is 6. The maximum absolute atomic E-state index is 12.6. The highest BCUT2D eigenvalue weighted by atomic mass is 32.1. The SMILES string of the molecule is COc1ccc(NC(=O)C(=O)NC[C@@H](c2ccsc2)N2CCc3ccccc3C2)cc1OC. The number of ether oxygens (including phenoxy) is 2. The summed E-state index contributed by atoms with van der Waals surface area (Å²) in [6.07, 6.45) is 0.963. The number of carbonyl (C=O) groups is 2. The molecule has 0 radical (unpaired) electrons. The van der Waals surface area contributed by atoms with E-state index in [1.54, 1.807) is 29.5 Å². The molecule has 1 atom stereocenters. The van der Waals surface area contributed by atoms with Gasteiger partial charge in [-0.1, -0.05) is 24.3 Å². The van der Waals surface area contributed by atoms with Crippen LogP contribution in [0.2, 0.25) is 0 Å². The Morgan fingerprint density at radius 1 is 1.03 bits per heavy atom. The lowest BCUT2D eigenvalue weighted by molar-refractivity contribution is -0.136. The van der Waals surface area contributed by atoms with E-state index in [4.69, 9.17) is 9.47 Å². The highest BCUT2D eigenvalue weighted by Gasteiger charge is 2.26. The van der Waals surface area contributed by atoms with Gasteiger partial charge in [-0.3, -0.25) is 14.5 Å². The quantitative estimate of drug-likeness (QED) is 0.521. The maximum Gasteiger partial charge on any atom is 0.313 e. The number of thiophene rings is 1. The van der Waals surface area contributed by atoms with E-state index in [9.17, 15) is 9.59 Å². The summed E-state index contributed by atoms with van der Waals surface area (Å²) in [6.45, 7) is 2.05. The lowest BCUT2D eigenvalue weighted by Crippen LogP contribution is -2.43. The molecule has 0 saturated heterocycles. The first-order valence-electron chi connectivity index (χ1n) is 10.7. The Balaban J connectivity index is 1.41. The molecule has 2 aromatic carbocycles. The van der Waals surface area contributed by atoms with E-state index in [0.717, 1.165) is 25.1 Å². The standard InChI is InChI=1S/C25H27N3O4S/c1-31-22-8-7-20(13-23(22)32-2)27-25(30)24(29)26-14-21(19-10-12-33-16-19)28-11-9-17-5-3-4-6-18(17)15-28/h3-8,10,12-13,16,21H,9,11,14-15H2,1-2H3,(H,26,29)(H,27,30)/t21-/m0/s1. The van der Waals surface area contributed by atoms with E-state index in [2.05, 4.69) is 51.2 Å². The minimum absolute atomic E-state index is 0.0116. The molecule has 4 rings (SSSR count). The normalized spacial score (nSPS) is 14.1. The van der Waals surface area contributed by atoms with Crippen molar-refractivity contribution in [2.75, 3.05) is 32.6 Å². The molecule has 0 spiro atoms. The Morgan fingerprint density at radius 2 is 1.82 bits per heavy atom. The molecule has 1 aliphatic rings. The molecule has 172 valence electrons. The number of methoxy groups -OCH3 is 2. The third-order valence-electron chi connectivity index (χ3n) is 5.83. The van der Waals surface area contributed by atoms with Crippen LogP contribution in [0, 0.1) is 0 Å². The third kappa shape index (κ3) is 5.35. The number of anilines is 1. The fraction of sp³-hybridized carbons (Fsp3) is 0.280. The molecular weight excluding hydrogens is 438 g/mol. The molecule has 2 heterocycles. The van der Waals surface area contributed by atoms with Crippen LogP contribution >= 0.6 is 11.3 Å². The number of hydrogen-bond donors (Lipinski definition) is 2. The highest BCUT2D eigenvalue weighted by Crippen LogP contribution is 2.30. The number of benzene rings is 2. The number of carbonyl (C=O) groups excluding carboxylic acids is 2. The van der Waals surface area contributed by atoms with Crippen LogP contribution in [0.1, 0.15) is 22.7 Å². The lowest BCUT2D eigenvalue weighted by atomic mass is 9.97. The number of nitrogens with one attached hydrogen (secondary N) is 2. The zero-order chi connectivity index (χ0) is 23.2. The maximum atomic E-state index is 12.6. The largest absolute Gasteiger partial charge is 0.493 e. The van der Waals surface area contributed by atoms with Crippen molar-refractivity contribution in [2.24, 2.45) is 0 Å². The predicted octanol–water partition coefficient (Wildman–Crippen LogP) is 3.62. The van der Waals surface area contributed by atoms with Gasteiger partial charge < -0.3 is 20.1 Å². The second-order valence-electron chi connectivity index (χ2n) is 7.80. The number of rotatable bonds is 7. The van der Waals surface area contributed by atoms with Gasteiger partial charge in [0.25, 0.3) is 0 Å². The van der Waals surface area contributed by atoms with Crippen LogP contribution in [-0.4, -0.2) is 44.0 Å². The summed E-state index contributed by atoms with van der Waals surface area (Å²) in [6, 6.07) is 15.5. The fourth-order valence-electron chi connectivity index (χ4n) is 4.08. The summed E-state index contributed by atoms with van der Waals surface area (Å²) in [5, 5.41) is 9.57. The lowest BCUT2D eigenvalue weighted by Gasteiger charge is -2.35. The van der Waals surface area contributed by atoms with Gasteiger partial charge in [0, 0.05) is 31.4 Å². The minimum Gasteiger partial charge on any atom is -0.493 e. The summed E-state index contributed by atoms with van der Waals surface area (Å²) in [4.78, 5) is 27.4. The van der Waals surface area contributed by atoms with Crippen molar-refractivity contribution < 1.29 is 19.1 Å². The van der Waals surface area contributed by atoms with E-state index >= 15 is 0 Å². The predicted molar refractivity (Wildman–Crippen MR) is 129 cm³/mol. The molecule has 0 bridgehead atoms. The first-order valence-corrected chi connectivity index (χ1v) is 11.7. The van der Waals surface area contributed by atoms with E-state index < -0.39 is 11.8 Å². The molecule has 33 heavy (non-hydrogen) atoms. The molecule has 0 saturated carbocycles. The summed E-state index contributed by atoms with van der Waals surface area (Å²) in [5.74, 6) is -0.391. The van der Waals surface area contributed by atoms with Crippen LogP contribution in [0.4, 0.5) is 5.69 Å². The van der Waals surface area contributed by atoms with Gasteiger partial charge in [0.05, 0.1) is 20.3 Å². The molecule has 3 aromatic rings. The average Bonchev–Trinajstić information content (AvgIpc) is 3.38. The molecule has 2 amide bonds. The van der Waals surface area contributed by atoms with Crippen LogP contribution in [0.5, 0.6) is 11.5 Å². The highest BCUT2D eigenvalue weighted by molar-refractivity contribution is 7.08. The van der Waals surface area contributed by atoms with Crippen molar-refractivity contribution in [1.82, 2.24) is 10.2 Å². The summed E-state index contributed by atoms with van der Waals surface area (Å²) in [7, 11) is 3.05. The molecule has 0 unspecified atom stereocenters. The molecule has 0 fully saturated rings.